The third-order valence-electron chi connectivity index (χ3n) is 1.51. The van der Waals surface area contributed by atoms with Gasteiger partial charge in [0.15, 0.2) is 0 Å². The van der Waals surface area contributed by atoms with Crippen LogP contribution >= 0.6 is 0 Å². The number of rotatable bonds is 1. The summed E-state index contributed by atoms with van der Waals surface area (Å²) in [5, 5.41) is 0. The summed E-state index contributed by atoms with van der Waals surface area (Å²) in [5.41, 5.74) is 0.358. The Labute approximate surface area is 63.4 Å². The fourth-order valence-electron chi connectivity index (χ4n) is 1.04. The van der Waals surface area contributed by atoms with Gasteiger partial charge in [-0.25, -0.2) is 0 Å². The highest BCUT2D eigenvalue weighted by Gasteiger charge is 2.38. The monoisotopic (exact) mass is 162 g/mol. The van der Waals surface area contributed by atoms with Crippen LogP contribution in [0.4, 0.5) is 13.2 Å². The van der Waals surface area contributed by atoms with Crippen LogP contribution in [0.15, 0.2) is 22.8 Å². The van der Waals surface area contributed by atoms with Crippen molar-refractivity contribution in [3.63, 3.8) is 0 Å². The van der Waals surface area contributed by atoms with E-state index in [1.807, 2.05) is 0 Å². The Hall–Kier alpha value is -0.730. The van der Waals surface area contributed by atoms with Gasteiger partial charge in [-0.05, 0) is 25.8 Å². The van der Waals surface area contributed by atoms with Crippen molar-refractivity contribution in [1.82, 2.24) is 0 Å². The van der Waals surface area contributed by atoms with Crippen molar-refractivity contribution in [1.29, 1.82) is 0 Å². The van der Waals surface area contributed by atoms with Gasteiger partial charge in [0.25, 0.3) is 0 Å². The van der Waals surface area contributed by atoms with Crippen molar-refractivity contribution in [3.8, 4) is 0 Å². The van der Waals surface area contributed by atoms with E-state index < -0.39 is 11.7 Å². The zero-order valence-electron chi connectivity index (χ0n) is 6.42. The molecule has 0 amide bonds. The second-order valence-corrected chi connectivity index (χ2v) is 2.81. The molecule has 0 aromatic carbocycles. The van der Waals surface area contributed by atoms with Crippen LogP contribution in [-0.2, 0) is 0 Å². The highest BCUT2D eigenvalue weighted by atomic mass is 19.4. The van der Waals surface area contributed by atoms with Gasteiger partial charge < -0.3 is 0 Å². The first kappa shape index (κ1) is 8.37. The van der Waals surface area contributed by atoms with Gasteiger partial charge in [0.05, 0.1) is 5.57 Å². The summed E-state index contributed by atoms with van der Waals surface area (Å²) in [6, 6.07) is 0. The van der Waals surface area contributed by atoms with E-state index in [0.29, 0.717) is 17.6 Å². The molecule has 62 valence electrons. The number of alkyl halides is 3. The predicted octanol–water partition coefficient (Wildman–Crippen LogP) is 3.22. The molecule has 1 aliphatic carbocycles. The molecule has 3 heteroatoms. The Balaban J connectivity index is 2.94. The second-order valence-electron chi connectivity index (χ2n) is 2.81. The third-order valence-corrected chi connectivity index (χ3v) is 1.51. The first-order chi connectivity index (χ1) is 4.93. The fraction of sp³-hybridized carbons (Fsp3) is 0.500. The topological polar surface area (TPSA) is 0 Å². The predicted molar refractivity (Wildman–Crippen MR) is 37.1 cm³/mol. The molecule has 0 N–H and O–H groups in total. The van der Waals surface area contributed by atoms with E-state index in [2.05, 4.69) is 0 Å². The molecule has 0 bridgehead atoms. The molecule has 0 heterocycles. The van der Waals surface area contributed by atoms with Gasteiger partial charge in [0.1, 0.15) is 0 Å². The van der Waals surface area contributed by atoms with Crippen LogP contribution in [0.2, 0.25) is 0 Å². The van der Waals surface area contributed by atoms with E-state index in [4.69, 9.17) is 0 Å². The molecule has 11 heavy (non-hydrogen) atoms. The van der Waals surface area contributed by atoms with E-state index >= 15 is 0 Å². The molecule has 0 aromatic rings. The molecule has 0 nitrogen and oxygen atoms in total. The molecular weight excluding hydrogens is 153 g/mol. The Morgan fingerprint density at radius 3 is 1.91 bits per heavy atom. The highest BCUT2D eigenvalue weighted by molar-refractivity contribution is 5.47. The normalized spacial score (nSPS) is 15.9. The van der Waals surface area contributed by atoms with Gasteiger partial charge in [-0.1, -0.05) is 11.6 Å². The Morgan fingerprint density at radius 1 is 1.36 bits per heavy atom. The van der Waals surface area contributed by atoms with Crippen molar-refractivity contribution in [2.75, 3.05) is 0 Å². The molecule has 1 rings (SSSR count). The summed E-state index contributed by atoms with van der Waals surface area (Å²) in [4.78, 5) is 0. The lowest BCUT2D eigenvalue weighted by atomic mass is 10.1. The fourth-order valence-corrected chi connectivity index (χ4v) is 1.04. The van der Waals surface area contributed by atoms with Crippen LogP contribution in [0.3, 0.4) is 0 Å². The van der Waals surface area contributed by atoms with Crippen LogP contribution in [0.25, 0.3) is 0 Å². The lowest BCUT2D eigenvalue weighted by Crippen LogP contribution is -2.12. The SMILES string of the molecule is CC(C)=C(C1=CC1)C(F)(F)F. The number of hydrogen-bond acceptors (Lipinski definition) is 0. The maximum atomic E-state index is 12.2. The summed E-state index contributed by atoms with van der Waals surface area (Å²) in [6.07, 6.45) is -2.07. The lowest BCUT2D eigenvalue weighted by molar-refractivity contribution is -0.0896. The number of allylic oxidation sites excluding steroid dienone is 4. The van der Waals surface area contributed by atoms with E-state index in [1.165, 1.54) is 13.8 Å². The van der Waals surface area contributed by atoms with Crippen LogP contribution in [0, 0.1) is 0 Å². The summed E-state index contributed by atoms with van der Waals surface area (Å²) in [5.74, 6) is 0. The van der Waals surface area contributed by atoms with Gasteiger partial charge in [-0.3, -0.25) is 0 Å². The quantitative estimate of drug-likeness (QED) is 0.555. The Bertz CT molecular complexity index is 226. The molecule has 0 fully saturated rings. The minimum Gasteiger partial charge on any atom is -0.166 e. The summed E-state index contributed by atoms with van der Waals surface area (Å²) in [6.45, 7) is 2.98. The van der Waals surface area contributed by atoms with E-state index in [-0.39, 0.29) is 0 Å². The zero-order valence-corrected chi connectivity index (χ0v) is 6.42. The molecule has 1 aliphatic rings. The smallest absolute Gasteiger partial charge is 0.166 e. The van der Waals surface area contributed by atoms with Crippen molar-refractivity contribution in [2.45, 2.75) is 26.4 Å². The average molecular weight is 162 g/mol. The summed E-state index contributed by atoms with van der Waals surface area (Å²) in [7, 11) is 0. The minimum absolute atomic E-state index is 0.348. The largest absolute Gasteiger partial charge is 0.416 e. The van der Waals surface area contributed by atoms with Gasteiger partial charge in [-0.15, -0.1) is 0 Å². The molecule has 0 atom stereocenters. The van der Waals surface area contributed by atoms with E-state index in [9.17, 15) is 13.2 Å². The van der Waals surface area contributed by atoms with Crippen LogP contribution in [0.1, 0.15) is 20.3 Å². The lowest BCUT2D eigenvalue weighted by Gasteiger charge is -2.10. The second kappa shape index (κ2) is 2.40. The maximum Gasteiger partial charge on any atom is 0.416 e. The molecule has 0 radical (unpaired) electrons. The van der Waals surface area contributed by atoms with E-state index in [1.54, 1.807) is 6.08 Å². The molecule has 0 aromatic heterocycles. The van der Waals surface area contributed by atoms with Gasteiger partial charge in [0, 0.05) is 0 Å². The minimum atomic E-state index is -4.17. The molecule has 0 aliphatic heterocycles. The van der Waals surface area contributed by atoms with Crippen molar-refractivity contribution in [2.24, 2.45) is 0 Å². The Kier molecular flexibility index (Phi) is 1.82. The molecule has 0 saturated carbocycles. The van der Waals surface area contributed by atoms with Crippen molar-refractivity contribution in [3.05, 3.63) is 22.8 Å². The standard InChI is InChI=1S/C8H9F3/c1-5(2)7(6-3-4-6)8(9,10)11/h3H,4H2,1-2H3. The Morgan fingerprint density at radius 2 is 1.82 bits per heavy atom. The molecular formula is C8H9F3. The molecule has 0 spiro atoms. The average Bonchev–Trinajstić information content (AvgIpc) is 2.42. The first-order valence-electron chi connectivity index (χ1n) is 3.37. The zero-order chi connectivity index (χ0) is 8.65. The first-order valence-corrected chi connectivity index (χ1v) is 3.37. The van der Waals surface area contributed by atoms with Crippen LogP contribution in [-0.4, -0.2) is 6.18 Å². The van der Waals surface area contributed by atoms with E-state index in [0.717, 1.165) is 0 Å². The summed E-state index contributed by atoms with van der Waals surface area (Å²) >= 11 is 0. The highest BCUT2D eigenvalue weighted by Crippen LogP contribution is 2.40. The molecule has 0 unspecified atom stereocenters. The van der Waals surface area contributed by atoms with Crippen molar-refractivity contribution < 1.29 is 13.2 Å². The van der Waals surface area contributed by atoms with Crippen LogP contribution < -0.4 is 0 Å². The summed E-state index contributed by atoms with van der Waals surface area (Å²) < 4.78 is 36.5. The van der Waals surface area contributed by atoms with Gasteiger partial charge >= 0.3 is 6.18 Å². The maximum absolute atomic E-state index is 12.2. The van der Waals surface area contributed by atoms with Crippen molar-refractivity contribution >= 4 is 0 Å². The number of hydrogen-bond donors (Lipinski definition) is 0. The van der Waals surface area contributed by atoms with Gasteiger partial charge in [0.2, 0.25) is 0 Å². The number of halogens is 3. The van der Waals surface area contributed by atoms with Gasteiger partial charge in [-0.2, -0.15) is 13.2 Å². The molecule has 0 saturated heterocycles. The van der Waals surface area contributed by atoms with Crippen LogP contribution in [0.5, 0.6) is 0 Å². The third kappa shape index (κ3) is 1.85.